The number of amides is 1. The Bertz CT molecular complexity index is 1060. The zero-order valence-corrected chi connectivity index (χ0v) is 18.7. The Morgan fingerprint density at radius 1 is 1.32 bits per heavy atom. The van der Waals surface area contributed by atoms with E-state index in [2.05, 4.69) is 27.3 Å². The van der Waals surface area contributed by atoms with Gasteiger partial charge in [0.25, 0.3) is 5.91 Å². The number of aryl methyl sites for hydroxylation is 1. The third-order valence-corrected chi connectivity index (χ3v) is 5.61. The normalized spacial score (nSPS) is 14.2. The molecule has 1 aliphatic rings. The molecule has 0 spiro atoms. The van der Waals surface area contributed by atoms with Gasteiger partial charge in [0.05, 0.1) is 38.5 Å². The van der Waals surface area contributed by atoms with Crippen LogP contribution < -0.4 is 15.0 Å². The van der Waals surface area contributed by atoms with Crippen molar-refractivity contribution in [2.24, 2.45) is 7.05 Å². The summed E-state index contributed by atoms with van der Waals surface area (Å²) in [6, 6.07) is 0. The lowest BCUT2D eigenvalue weighted by Gasteiger charge is -2.28. The van der Waals surface area contributed by atoms with Crippen molar-refractivity contribution in [3.63, 3.8) is 0 Å². The fraction of sp³-hybridized carbons (Fsp3) is 0.526. The van der Waals surface area contributed by atoms with Gasteiger partial charge in [0, 0.05) is 32.9 Å². The van der Waals surface area contributed by atoms with Crippen LogP contribution in [0.5, 0.6) is 5.88 Å². The van der Waals surface area contributed by atoms with E-state index in [0.29, 0.717) is 37.7 Å². The minimum atomic E-state index is -0.243. The first-order valence-corrected chi connectivity index (χ1v) is 11.1. The van der Waals surface area contributed by atoms with Gasteiger partial charge in [-0.15, -0.1) is 5.10 Å². The number of nitrogens with zero attached hydrogens (tertiary/aromatic N) is 7. The van der Waals surface area contributed by atoms with E-state index in [-0.39, 0.29) is 5.91 Å². The van der Waals surface area contributed by atoms with Crippen LogP contribution in [0.3, 0.4) is 0 Å². The second-order valence-electron chi connectivity index (χ2n) is 6.95. The average molecular weight is 447 g/mol. The summed E-state index contributed by atoms with van der Waals surface area (Å²) >= 11 is 1.60. The number of anilines is 1. The van der Waals surface area contributed by atoms with Crippen LogP contribution in [0.15, 0.2) is 17.6 Å². The molecule has 12 heteroatoms. The summed E-state index contributed by atoms with van der Waals surface area (Å²) < 4.78 is 14.0. The standard InChI is InChI=1S/C19H26N8O3S/c1-4-31-19-22-15(26-7-9-30-10-8-26)13-11-21-27(16(13)23-19)6-5-20-17(28)14-12-25(2)24-18(14)29-3/h11-12H,4-10H2,1-3H3,(H,20,28). The highest BCUT2D eigenvalue weighted by atomic mass is 32.2. The molecule has 166 valence electrons. The van der Waals surface area contributed by atoms with Crippen molar-refractivity contribution in [3.8, 4) is 5.88 Å². The lowest BCUT2D eigenvalue weighted by molar-refractivity contribution is 0.0949. The average Bonchev–Trinajstić information content (AvgIpc) is 3.37. The number of aromatic nitrogens is 6. The number of carbonyl (C=O) groups excluding carboxylic acids is 1. The van der Waals surface area contributed by atoms with E-state index in [1.54, 1.807) is 40.6 Å². The first-order valence-electron chi connectivity index (χ1n) is 10.2. The topological polar surface area (TPSA) is 112 Å². The zero-order chi connectivity index (χ0) is 21.8. The Morgan fingerprint density at radius 2 is 2.13 bits per heavy atom. The minimum absolute atomic E-state index is 0.243. The van der Waals surface area contributed by atoms with Gasteiger partial charge in [0.2, 0.25) is 5.88 Å². The molecule has 3 aromatic rings. The molecule has 3 aromatic heterocycles. The monoisotopic (exact) mass is 446 g/mol. The van der Waals surface area contributed by atoms with E-state index >= 15 is 0 Å². The predicted molar refractivity (Wildman–Crippen MR) is 117 cm³/mol. The molecule has 1 fully saturated rings. The van der Waals surface area contributed by atoms with Gasteiger partial charge < -0.3 is 19.7 Å². The highest BCUT2D eigenvalue weighted by molar-refractivity contribution is 7.99. The van der Waals surface area contributed by atoms with Gasteiger partial charge in [0.15, 0.2) is 10.8 Å². The highest BCUT2D eigenvalue weighted by Gasteiger charge is 2.20. The van der Waals surface area contributed by atoms with Crippen molar-refractivity contribution < 1.29 is 14.3 Å². The van der Waals surface area contributed by atoms with Gasteiger partial charge in [-0.05, 0) is 5.75 Å². The van der Waals surface area contributed by atoms with Gasteiger partial charge in [-0.2, -0.15) is 5.10 Å². The van der Waals surface area contributed by atoms with E-state index in [0.717, 1.165) is 40.9 Å². The maximum absolute atomic E-state index is 12.5. The maximum atomic E-state index is 12.5. The van der Waals surface area contributed by atoms with Crippen LogP contribution in [-0.2, 0) is 18.3 Å². The summed E-state index contributed by atoms with van der Waals surface area (Å²) in [4.78, 5) is 24.2. The third kappa shape index (κ3) is 4.59. The number of nitrogens with one attached hydrogen (secondary N) is 1. The van der Waals surface area contributed by atoms with Crippen LogP contribution >= 0.6 is 11.8 Å². The maximum Gasteiger partial charge on any atom is 0.258 e. The minimum Gasteiger partial charge on any atom is -0.479 e. The molecule has 4 rings (SSSR count). The molecule has 0 unspecified atom stereocenters. The zero-order valence-electron chi connectivity index (χ0n) is 17.9. The Kier molecular flexibility index (Phi) is 6.56. The Labute approximate surface area is 184 Å². The van der Waals surface area contributed by atoms with Crippen LogP contribution in [0.4, 0.5) is 5.82 Å². The summed E-state index contributed by atoms with van der Waals surface area (Å²) in [6.45, 7) is 5.88. The molecule has 0 bridgehead atoms. The fourth-order valence-electron chi connectivity index (χ4n) is 3.44. The second-order valence-corrected chi connectivity index (χ2v) is 8.18. The van der Waals surface area contributed by atoms with E-state index in [1.165, 1.54) is 7.11 Å². The lowest BCUT2D eigenvalue weighted by atomic mass is 10.3. The van der Waals surface area contributed by atoms with Gasteiger partial charge >= 0.3 is 0 Å². The van der Waals surface area contributed by atoms with Crippen molar-refractivity contribution >= 4 is 34.5 Å². The quantitative estimate of drug-likeness (QED) is 0.399. The summed E-state index contributed by atoms with van der Waals surface area (Å²) in [7, 11) is 3.24. The SMILES string of the molecule is CCSc1nc(N2CCOCC2)c2cnn(CCNC(=O)c3cn(C)nc3OC)c2n1. The Morgan fingerprint density at radius 3 is 2.87 bits per heavy atom. The van der Waals surface area contributed by atoms with Gasteiger partial charge in [-0.3, -0.25) is 9.48 Å². The number of hydrogen-bond acceptors (Lipinski definition) is 9. The predicted octanol–water partition coefficient (Wildman–Crippen LogP) is 0.947. The van der Waals surface area contributed by atoms with Crippen molar-refractivity contribution in [3.05, 3.63) is 18.0 Å². The molecule has 4 heterocycles. The van der Waals surface area contributed by atoms with Crippen LogP contribution in [0, 0.1) is 0 Å². The van der Waals surface area contributed by atoms with E-state index in [4.69, 9.17) is 19.4 Å². The second kappa shape index (κ2) is 9.52. The van der Waals surface area contributed by atoms with Crippen molar-refractivity contribution in [1.29, 1.82) is 0 Å². The molecule has 0 saturated carbocycles. The largest absolute Gasteiger partial charge is 0.479 e. The fourth-order valence-corrected chi connectivity index (χ4v) is 4.00. The number of carbonyl (C=O) groups is 1. The number of morpholine rings is 1. The molecule has 0 aliphatic carbocycles. The van der Waals surface area contributed by atoms with Gasteiger partial charge in [-0.1, -0.05) is 18.7 Å². The van der Waals surface area contributed by atoms with Crippen LogP contribution in [0.2, 0.25) is 0 Å². The molecular formula is C19H26N8O3S. The lowest BCUT2D eigenvalue weighted by Crippen LogP contribution is -2.37. The molecule has 0 atom stereocenters. The Balaban J connectivity index is 1.52. The molecule has 31 heavy (non-hydrogen) atoms. The molecule has 1 saturated heterocycles. The molecule has 11 nitrogen and oxygen atoms in total. The molecule has 1 amide bonds. The first-order chi connectivity index (χ1) is 15.1. The summed E-state index contributed by atoms with van der Waals surface area (Å²) in [5, 5.41) is 13.2. The number of hydrogen-bond donors (Lipinski definition) is 1. The first kappa shape index (κ1) is 21.4. The van der Waals surface area contributed by atoms with E-state index in [1.807, 2.05) is 0 Å². The van der Waals surface area contributed by atoms with Crippen molar-refractivity contribution in [2.75, 3.05) is 50.6 Å². The van der Waals surface area contributed by atoms with Crippen LogP contribution in [0.25, 0.3) is 11.0 Å². The number of rotatable bonds is 8. The van der Waals surface area contributed by atoms with Crippen LogP contribution in [-0.4, -0.2) is 81.1 Å². The highest BCUT2D eigenvalue weighted by Crippen LogP contribution is 2.27. The Hall–Kier alpha value is -2.86. The summed E-state index contributed by atoms with van der Waals surface area (Å²) in [6.07, 6.45) is 3.43. The molecule has 0 aromatic carbocycles. The number of ether oxygens (including phenoxy) is 2. The van der Waals surface area contributed by atoms with Crippen molar-refractivity contribution in [1.82, 2.24) is 34.8 Å². The molecule has 1 aliphatic heterocycles. The van der Waals surface area contributed by atoms with Gasteiger partial charge in [-0.25, -0.2) is 14.6 Å². The summed E-state index contributed by atoms with van der Waals surface area (Å²) in [5.74, 6) is 1.83. The van der Waals surface area contributed by atoms with Crippen molar-refractivity contribution in [2.45, 2.75) is 18.6 Å². The summed E-state index contributed by atoms with van der Waals surface area (Å²) in [5.41, 5.74) is 1.16. The van der Waals surface area contributed by atoms with Crippen LogP contribution in [0.1, 0.15) is 17.3 Å². The number of thioether (sulfide) groups is 1. The smallest absolute Gasteiger partial charge is 0.258 e. The third-order valence-electron chi connectivity index (χ3n) is 4.88. The van der Waals surface area contributed by atoms with Gasteiger partial charge in [0.1, 0.15) is 11.4 Å². The van der Waals surface area contributed by atoms with E-state index in [9.17, 15) is 4.79 Å². The van der Waals surface area contributed by atoms with E-state index < -0.39 is 0 Å². The number of methoxy groups -OCH3 is 1. The molecule has 1 N–H and O–H groups in total. The molecular weight excluding hydrogens is 420 g/mol. The number of fused-ring (bicyclic) bond motifs is 1. The molecule has 0 radical (unpaired) electrons.